The van der Waals surface area contributed by atoms with Crippen molar-refractivity contribution in [1.29, 1.82) is 0 Å². The number of carbonyl (C=O) groups is 2. The monoisotopic (exact) mass is 262 g/mol. The Morgan fingerprint density at radius 3 is 2.53 bits per heavy atom. The maximum atomic E-state index is 11.7. The lowest BCUT2D eigenvalue weighted by Crippen LogP contribution is -2.39. The van der Waals surface area contributed by atoms with Crippen LogP contribution in [0.15, 0.2) is 30.3 Å². The van der Waals surface area contributed by atoms with Gasteiger partial charge in [-0.25, -0.2) is 4.79 Å². The first-order valence-electron chi connectivity index (χ1n) is 6.46. The predicted octanol–water partition coefficient (Wildman–Crippen LogP) is 1.91. The zero-order valence-corrected chi connectivity index (χ0v) is 10.6. The third-order valence-electron chi connectivity index (χ3n) is 3.13. The summed E-state index contributed by atoms with van der Waals surface area (Å²) in [6, 6.07) is 8.33. The fourth-order valence-electron chi connectivity index (χ4n) is 1.88. The van der Waals surface area contributed by atoms with Crippen LogP contribution in [0.4, 0.5) is 4.79 Å². The molecule has 0 heterocycles. The van der Waals surface area contributed by atoms with Gasteiger partial charge in [-0.2, -0.15) is 0 Å². The summed E-state index contributed by atoms with van der Waals surface area (Å²) < 4.78 is 0. The van der Waals surface area contributed by atoms with E-state index in [0.717, 1.165) is 18.4 Å². The lowest BCUT2D eigenvalue weighted by atomic mass is 10.0. The number of carboxylic acid groups (broad SMARTS) is 1. The van der Waals surface area contributed by atoms with E-state index in [9.17, 15) is 9.59 Å². The maximum absolute atomic E-state index is 11.7. The molecule has 1 aliphatic carbocycles. The number of carbonyl (C=O) groups excluding carboxylic acids is 1. The van der Waals surface area contributed by atoms with Gasteiger partial charge in [0.25, 0.3) is 0 Å². The van der Waals surface area contributed by atoms with Crippen molar-refractivity contribution in [3.05, 3.63) is 35.9 Å². The van der Waals surface area contributed by atoms with Crippen molar-refractivity contribution in [3.8, 4) is 0 Å². The molecule has 2 rings (SSSR count). The van der Waals surface area contributed by atoms with Gasteiger partial charge in [-0.3, -0.25) is 4.79 Å². The lowest BCUT2D eigenvalue weighted by molar-refractivity contribution is -0.137. The van der Waals surface area contributed by atoms with E-state index < -0.39 is 12.0 Å². The number of carboxylic acids is 1. The summed E-state index contributed by atoms with van der Waals surface area (Å²) in [5, 5.41) is 14.4. The standard InChI is InChI=1S/C14H18N2O3/c17-13(18)8-12(11-4-2-1-3-5-11)16-14(19)15-9-10-6-7-10/h1-5,10,12H,6-9H2,(H,17,18)(H2,15,16,19). The van der Waals surface area contributed by atoms with Crippen molar-refractivity contribution in [2.24, 2.45) is 5.92 Å². The molecule has 5 heteroatoms. The lowest BCUT2D eigenvalue weighted by Gasteiger charge is -2.17. The van der Waals surface area contributed by atoms with Crippen molar-refractivity contribution in [1.82, 2.24) is 10.6 Å². The third kappa shape index (κ3) is 4.62. The van der Waals surface area contributed by atoms with Crippen LogP contribution in [0.5, 0.6) is 0 Å². The molecule has 1 atom stereocenters. The molecule has 0 spiro atoms. The van der Waals surface area contributed by atoms with Gasteiger partial charge >= 0.3 is 12.0 Å². The first-order chi connectivity index (χ1) is 9.15. The van der Waals surface area contributed by atoms with Crippen LogP contribution in [0, 0.1) is 5.92 Å². The molecular weight excluding hydrogens is 244 g/mol. The number of benzene rings is 1. The van der Waals surface area contributed by atoms with Gasteiger partial charge in [0, 0.05) is 6.54 Å². The first kappa shape index (κ1) is 13.4. The van der Waals surface area contributed by atoms with Crippen molar-refractivity contribution < 1.29 is 14.7 Å². The van der Waals surface area contributed by atoms with E-state index in [0.29, 0.717) is 12.5 Å². The highest BCUT2D eigenvalue weighted by atomic mass is 16.4. The molecule has 1 saturated carbocycles. The summed E-state index contributed by atoms with van der Waals surface area (Å²) in [5.41, 5.74) is 0.798. The van der Waals surface area contributed by atoms with Gasteiger partial charge in [-0.05, 0) is 24.3 Å². The summed E-state index contributed by atoms with van der Waals surface area (Å²) in [6.45, 7) is 0.667. The summed E-state index contributed by atoms with van der Waals surface area (Å²) in [7, 11) is 0. The van der Waals surface area contributed by atoms with Gasteiger partial charge in [0.15, 0.2) is 0 Å². The SMILES string of the molecule is O=C(O)CC(NC(=O)NCC1CC1)c1ccccc1. The van der Waals surface area contributed by atoms with E-state index >= 15 is 0 Å². The van der Waals surface area contributed by atoms with Crippen LogP contribution in [0.25, 0.3) is 0 Å². The summed E-state index contributed by atoms with van der Waals surface area (Å²) in [5.74, 6) is -0.336. The van der Waals surface area contributed by atoms with Gasteiger partial charge < -0.3 is 15.7 Å². The Morgan fingerprint density at radius 1 is 1.26 bits per heavy atom. The van der Waals surface area contributed by atoms with Gasteiger partial charge in [-0.15, -0.1) is 0 Å². The molecule has 1 unspecified atom stereocenters. The zero-order chi connectivity index (χ0) is 13.7. The highest BCUT2D eigenvalue weighted by Crippen LogP contribution is 2.27. The number of rotatable bonds is 6. The minimum Gasteiger partial charge on any atom is -0.481 e. The first-order valence-corrected chi connectivity index (χ1v) is 6.46. The molecule has 102 valence electrons. The van der Waals surface area contributed by atoms with Crippen LogP contribution in [-0.2, 0) is 4.79 Å². The molecular formula is C14H18N2O3. The molecule has 1 aromatic carbocycles. The molecule has 1 aromatic rings. The molecule has 2 amide bonds. The van der Waals surface area contributed by atoms with E-state index in [1.165, 1.54) is 0 Å². The number of urea groups is 1. The molecule has 5 nitrogen and oxygen atoms in total. The van der Waals surface area contributed by atoms with E-state index in [4.69, 9.17) is 5.11 Å². The van der Waals surface area contributed by atoms with Crippen LogP contribution in [0.1, 0.15) is 30.9 Å². The van der Waals surface area contributed by atoms with E-state index in [2.05, 4.69) is 10.6 Å². The molecule has 1 aliphatic rings. The van der Waals surface area contributed by atoms with Crippen molar-refractivity contribution in [2.75, 3.05) is 6.54 Å². The quantitative estimate of drug-likeness (QED) is 0.732. The highest BCUT2D eigenvalue weighted by molar-refractivity contribution is 5.76. The number of aliphatic carboxylic acids is 1. The molecule has 1 fully saturated rings. The summed E-state index contributed by atoms with van der Waals surface area (Å²) in [4.78, 5) is 22.6. The molecule has 0 bridgehead atoms. The number of nitrogens with one attached hydrogen (secondary N) is 2. The Kier molecular flexibility index (Phi) is 4.39. The molecule has 0 aromatic heterocycles. The van der Waals surface area contributed by atoms with Crippen LogP contribution < -0.4 is 10.6 Å². The normalized spacial score (nSPS) is 15.6. The van der Waals surface area contributed by atoms with Gasteiger partial charge in [-0.1, -0.05) is 30.3 Å². The number of hydrogen-bond acceptors (Lipinski definition) is 2. The number of hydrogen-bond donors (Lipinski definition) is 3. The Bertz CT molecular complexity index is 443. The van der Waals surface area contributed by atoms with Gasteiger partial charge in [0.05, 0.1) is 12.5 Å². The molecule has 3 N–H and O–H groups in total. The smallest absolute Gasteiger partial charge is 0.315 e. The Morgan fingerprint density at radius 2 is 1.95 bits per heavy atom. The second kappa shape index (κ2) is 6.22. The summed E-state index contributed by atoms with van der Waals surface area (Å²) in [6.07, 6.45) is 2.20. The average molecular weight is 262 g/mol. The van der Waals surface area contributed by atoms with E-state index in [1.807, 2.05) is 30.3 Å². The number of amides is 2. The van der Waals surface area contributed by atoms with E-state index in [-0.39, 0.29) is 12.5 Å². The van der Waals surface area contributed by atoms with Crippen LogP contribution in [0.3, 0.4) is 0 Å². The highest BCUT2D eigenvalue weighted by Gasteiger charge is 2.23. The average Bonchev–Trinajstić information content (AvgIpc) is 3.20. The zero-order valence-electron chi connectivity index (χ0n) is 10.6. The minimum atomic E-state index is -0.934. The van der Waals surface area contributed by atoms with Crippen LogP contribution in [-0.4, -0.2) is 23.7 Å². The fourth-order valence-corrected chi connectivity index (χ4v) is 1.88. The molecule has 0 radical (unpaired) electrons. The van der Waals surface area contributed by atoms with Crippen molar-refractivity contribution in [2.45, 2.75) is 25.3 Å². The Hall–Kier alpha value is -2.04. The van der Waals surface area contributed by atoms with E-state index in [1.54, 1.807) is 0 Å². The van der Waals surface area contributed by atoms with Crippen molar-refractivity contribution >= 4 is 12.0 Å². The summed E-state index contributed by atoms with van der Waals surface area (Å²) >= 11 is 0. The van der Waals surface area contributed by atoms with Gasteiger partial charge in [0.2, 0.25) is 0 Å². The largest absolute Gasteiger partial charge is 0.481 e. The molecule has 19 heavy (non-hydrogen) atoms. The molecule has 0 aliphatic heterocycles. The minimum absolute atomic E-state index is 0.124. The Labute approximate surface area is 112 Å². The second-order valence-electron chi connectivity index (χ2n) is 4.86. The van der Waals surface area contributed by atoms with Crippen LogP contribution in [0.2, 0.25) is 0 Å². The van der Waals surface area contributed by atoms with Crippen molar-refractivity contribution in [3.63, 3.8) is 0 Å². The second-order valence-corrected chi connectivity index (χ2v) is 4.86. The van der Waals surface area contributed by atoms with Gasteiger partial charge in [0.1, 0.15) is 0 Å². The predicted molar refractivity (Wildman–Crippen MR) is 70.7 cm³/mol. The molecule has 0 saturated heterocycles. The topological polar surface area (TPSA) is 78.4 Å². The Balaban J connectivity index is 1.92. The fraction of sp³-hybridized carbons (Fsp3) is 0.429. The maximum Gasteiger partial charge on any atom is 0.315 e. The van der Waals surface area contributed by atoms with Crippen LogP contribution >= 0.6 is 0 Å². The third-order valence-corrected chi connectivity index (χ3v) is 3.13.